The molecule has 0 spiro atoms. The summed E-state index contributed by atoms with van der Waals surface area (Å²) in [6.45, 7) is 1.62. The molecule has 0 aliphatic carbocycles. The maximum Gasteiger partial charge on any atom is 0.409 e. The van der Waals surface area contributed by atoms with Gasteiger partial charge in [-0.2, -0.15) is 0 Å². The third kappa shape index (κ3) is 3.11. The highest BCUT2D eigenvalue weighted by molar-refractivity contribution is 6.33. The average molecular weight is 300 g/mol. The van der Waals surface area contributed by atoms with Crippen molar-refractivity contribution < 1.29 is 14.8 Å². The summed E-state index contributed by atoms with van der Waals surface area (Å²) >= 11 is 6.09. The molecule has 1 saturated heterocycles. The molecule has 7 nitrogen and oxygen atoms in total. The van der Waals surface area contributed by atoms with Crippen molar-refractivity contribution in [3.63, 3.8) is 0 Å². The number of piperidine rings is 1. The van der Waals surface area contributed by atoms with Crippen molar-refractivity contribution in [3.8, 4) is 0 Å². The highest BCUT2D eigenvalue weighted by atomic mass is 35.5. The topological polar surface area (TPSA) is 95.7 Å². The first-order chi connectivity index (χ1) is 9.49. The predicted octanol–water partition coefficient (Wildman–Crippen LogP) is 3.33. The second-order valence-corrected chi connectivity index (χ2v) is 4.96. The van der Waals surface area contributed by atoms with Crippen LogP contribution in [0.15, 0.2) is 12.1 Å². The van der Waals surface area contributed by atoms with E-state index in [0.717, 1.165) is 32.4 Å². The molecule has 0 unspecified atom stereocenters. The van der Waals surface area contributed by atoms with E-state index in [1.807, 2.05) is 4.90 Å². The summed E-state index contributed by atoms with van der Waals surface area (Å²) in [5.74, 6) is 0. The van der Waals surface area contributed by atoms with Crippen LogP contribution in [0.1, 0.15) is 19.3 Å². The quantitative estimate of drug-likeness (QED) is 0.659. The highest BCUT2D eigenvalue weighted by Crippen LogP contribution is 2.37. The number of hydrogen-bond acceptors (Lipinski definition) is 4. The van der Waals surface area contributed by atoms with Gasteiger partial charge in [0.15, 0.2) is 0 Å². The van der Waals surface area contributed by atoms with E-state index in [1.165, 1.54) is 12.1 Å². The van der Waals surface area contributed by atoms with Crippen LogP contribution in [0.4, 0.5) is 21.9 Å². The zero-order chi connectivity index (χ0) is 14.7. The van der Waals surface area contributed by atoms with Crippen LogP contribution in [0.5, 0.6) is 0 Å². The van der Waals surface area contributed by atoms with Gasteiger partial charge >= 0.3 is 6.09 Å². The minimum Gasteiger partial charge on any atom is -0.465 e. The third-order valence-electron chi connectivity index (χ3n) is 3.20. The molecule has 0 saturated carbocycles. The molecule has 8 heteroatoms. The lowest BCUT2D eigenvalue weighted by Crippen LogP contribution is -2.29. The molecule has 1 fully saturated rings. The monoisotopic (exact) mass is 299 g/mol. The number of halogens is 1. The Morgan fingerprint density at radius 2 is 2.00 bits per heavy atom. The van der Waals surface area contributed by atoms with Gasteiger partial charge in [-0.1, -0.05) is 11.6 Å². The molecule has 0 aromatic heterocycles. The van der Waals surface area contributed by atoms with Gasteiger partial charge < -0.3 is 10.0 Å². The first kappa shape index (κ1) is 14.4. The van der Waals surface area contributed by atoms with Crippen LogP contribution in [0, 0.1) is 10.1 Å². The van der Waals surface area contributed by atoms with Crippen molar-refractivity contribution >= 4 is 34.8 Å². The number of hydrogen-bond donors (Lipinski definition) is 2. The van der Waals surface area contributed by atoms with Gasteiger partial charge in [-0.3, -0.25) is 15.4 Å². The summed E-state index contributed by atoms with van der Waals surface area (Å²) < 4.78 is 0. The lowest BCUT2D eigenvalue weighted by atomic mass is 10.1. The van der Waals surface area contributed by atoms with E-state index >= 15 is 0 Å². The molecule has 1 aromatic rings. The molecule has 0 atom stereocenters. The van der Waals surface area contributed by atoms with Gasteiger partial charge in [-0.05, 0) is 25.3 Å². The molecule has 2 N–H and O–H groups in total. The SMILES string of the molecule is O=C(O)Nc1cc(N2CCCCC2)c(Cl)cc1[N+](=O)[O-]. The molecular formula is C12H14ClN3O4. The molecule has 1 aliphatic rings. The Balaban J connectivity index is 2.42. The Morgan fingerprint density at radius 3 is 2.55 bits per heavy atom. The third-order valence-corrected chi connectivity index (χ3v) is 3.50. The molecule has 0 bridgehead atoms. The van der Waals surface area contributed by atoms with Crippen LogP contribution >= 0.6 is 11.6 Å². The summed E-state index contributed by atoms with van der Waals surface area (Å²) in [6.07, 6.45) is 1.84. The van der Waals surface area contributed by atoms with Crippen molar-refractivity contribution in [2.75, 3.05) is 23.3 Å². The summed E-state index contributed by atoms with van der Waals surface area (Å²) in [5.41, 5.74) is 0.214. The number of nitrogens with zero attached hydrogens (tertiary/aromatic N) is 2. The smallest absolute Gasteiger partial charge is 0.409 e. The summed E-state index contributed by atoms with van der Waals surface area (Å²) in [6, 6.07) is 2.62. The van der Waals surface area contributed by atoms with Crippen LogP contribution < -0.4 is 10.2 Å². The van der Waals surface area contributed by atoms with E-state index in [1.54, 1.807) is 0 Å². The van der Waals surface area contributed by atoms with Crippen LogP contribution in [0.3, 0.4) is 0 Å². The van der Waals surface area contributed by atoms with Crippen LogP contribution in [0.2, 0.25) is 5.02 Å². The molecular weight excluding hydrogens is 286 g/mol. The maximum absolute atomic E-state index is 10.9. The zero-order valence-corrected chi connectivity index (χ0v) is 11.4. The molecule has 108 valence electrons. The minimum atomic E-state index is -1.35. The predicted molar refractivity (Wildman–Crippen MR) is 75.8 cm³/mol. The fourth-order valence-electron chi connectivity index (χ4n) is 2.29. The summed E-state index contributed by atoms with van der Waals surface area (Å²) in [5, 5.41) is 22.0. The number of benzene rings is 1. The van der Waals surface area contributed by atoms with Gasteiger partial charge in [-0.15, -0.1) is 0 Å². The molecule has 1 aromatic carbocycles. The standard InChI is InChI=1S/C12H14ClN3O4/c13-8-6-11(16(19)20)9(14-12(17)18)7-10(8)15-4-2-1-3-5-15/h6-7,14H,1-5H2,(H,17,18). The number of anilines is 2. The van der Waals surface area contributed by atoms with Gasteiger partial charge in [-0.25, -0.2) is 4.79 Å². The first-order valence-corrected chi connectivity index (χ1v) is 6.59. The maximum atomic E-state index is 10.9. The van der Waals surface area contributed by atoms with Crippen molar-refractivity contribution in [1.29, 1.82) is 0 Å². The Bertz CT molecular complexity index is 544. The highest BCUT2D eigenvalue weighted by Gasteiger charge is 2.22. The Morgan fingerprint density at radius 1 is 1.35 bits per heavy atom. The van der Waals surface area contributed by atoms with Crippen molar-refractivity contribution in [2.45, 2.75) is 19.3 Å². The number of nitro groups is 1. The van der Waals surface area contributed by atoms with E-state index < -0.39 is 11.0 Å². The number of carbonyl (C=O) groups is 1. The van der Waals surface area contributed by atoms with Crippen LogP contribution in [0.25, 0.3) is 0 Å². The fourth-order valence-corrected chi connectivity index (χ4v) is 2.57. The van der Waals surface area contributed by atoms with Crippen molar-refractivity contribution in [3.05, 3.63) is 27.3 Å². The van der Waals surface area contributed by atoms with Gasteiger partial charge in [0.25, 0.3) is 5.69 Å². The first-order valence-electron chi connectivity index (χ1n) is 6.22. The second-order valence-electron chi connectivity index (χ2n) is 4.56. The summed E-state index contributed by atoms with van der Waals surface area (Å²) in [4.78, 5) is 23.0. The van der Waals surface area contributed by atoms with E-state index in [-0.39, 0.29) is 16.4 Å². The largest absolute Gasteiger partial charge is 0.465 e. The van der Waals surface area contributed by atoms with Gasteiger partial charge in [0.2, 0.25) is 0 Å². The number of carboxylic acid groups (broad SMARTS) is 1. The lowest BCUT2D eigenvalue weighted by molar-refractivity contribution is -0.383. The van der Waals surface area contributed by atoms with E-state index in [4.69, 9.17) is 16.7 Å². The van der Waals surface area contributed by atoms with Crippen molar-refractivity contribution in [2.24, 2.45) is 0 Å². The normalized spacial score (nSPS) is 14.9. The minimum absolute atomic E-state index is 0.0625. The number of amides is 1. The average Bonchev–Trinajstić information content (AvgIpc) is 2.40. The Labute approximate surface area is 120 Å². The molecule has 20 heavy (non-hydrogen) atoms. The molecule has 2 rings (SSSR count). The molecule has 1 aliphatic heterocycles. The molecule has 1 heterocycles. The van der Waals surface area contributed by atoms with Crippen LogP contribution in [-0.4, -0.2) is 29.2 Å². The van der Waals surface area contributed by atoms with E-state index in [0.29, 0.717) is 5.69 Å². The van der Waals surface area contributed by atoms with Crippen LogP contribution in [-0.2, 0) is 0 Å². The lowest BCUT2D eigenvalue weighted by Gasteiger charge is -2.29. The van der Waals surface area contributed by atoms with Gasteiger partial charge in [0.1, 0.15) is 5.69 Å². The van der Waals surface area contributed by atoms with E-state index in [2.05, 4.69) is 5.32 Å². The Kier molecular flexibility index (Phi) is 4.29. The summed E-state index contributed by atoms with van der Waals surface area (Å²) in [7, 11) is 0. The molecule has 1 amide bonds. The number of rotatable bonds is 3. The molecule has 0 radical (unpaired) electrons. The van der Waals surface area contributed by atoms with Crippen molar-refractivity contribution in [1.82, 2.24) is 0 Å². The number of nitro benzene ring substituents is 1. The van der Waals surface area contributed by atoms with Gasteiger partial charge in [0.05, 0.1) is 15.6 Å². The fraction of sp³-hybridized carbons (Fsp3) is 0.417. The van der Waals surface area contributed by atoms with E-state index in [9.17, 15) is 14.9 Å². The van der Waals surface area contributed by atoms with Gasteiger partial charge in [0, 0.05) is 19.2 Å². The Hall–Kier alpha value is -2.02. The second kappa shape index (κ2) is 5.96. The zero-order valence-electron chi connectivity index (χ0n) is 10.6. The number of nitrogens with one attached hydrogen (secondary N) is 1.